The summed E-state index contributed by atoms with van der Waals surface area (Å²) in [5.74, 6) is -0.286. The van der Waals surface area contributed by atoms with Crippen LogP contribution in [0.15, 0.2) is 71.0 Å². The molecule has 21 heavy (non-hydrogen) atoms. The van der Waals surface area contributed by atoms with Gasteiger partial charge in [0, 0.05) is 11.6 Å². The standard InChI is InChI=1S/C16H12FN3O/c17-13-7-5-12(6-8-13)11-18-19-15-9-10-20(21)16-4-2-1-3-14(15)16/h1-11,21H/b18-11?,19-15+. The van der Waals surface area contributed by atoms with Gasteiger partial charge in [0.15, 0.2) is 0 Å². The molecule has 0 radical (unpaired) electrons. The Morgan fingerprint density at radius 1 is 1.00 bits per heavy atom. The SMILES string of the molecule is On1cc/c(=N\N=Cc2ccc(F)cc2)c2ccccc21. The fourth-order valence-corrected chi connectivity index (χ4v) is 2.00. The molecule has 0 bridgehead atoms. The van der Waals surface area contributed by atoms with Crippen LogP contribution in [0.2, 0.25) is 0 Å². The van der Waals surface area contributed by atoms with Gasteiger partial charge in [-0.15, -0.1) is 0 Å². The van der Waals surface area contributed by atoms with E-state index >= 15 is 0 Å². The largest absolute Gasteiger partial charge is 0.428 e. The van der Waals surface area contributed by atoms with Crippen molar-refractivity contribution in [3.63, 3.8) is 0 Å². The summed E-state index contributed by atoms with van der Waals surface area (Å²) in [6.07, 6.45) is 3.06. The molecule has 5 heteroatoms. The van der Waals surface area contributed by atoms with E-state index < -0.39 is 0 Å². The highest BCUT2D eigenvalue weighted by Gasteiger charge is 1.98. The molecule has 1 heterocycles. The van der Waals surface area contributed by atoms with Crippen LogP contribution in [0.5, 0.6) is 0 Å². The van der Waals surface area contributed by atoms with Gasteiger partial charge < -0.3 is 5.21 Å². The Hall–Kier alpha value is -2.95. The highest BCUT2D eigenvalue weighted by molar-refractivity contribution is 5.80. The number of benzene rings is 2. The zero-order chi connectivity index (χ0) is 14.7. The molecule has 0 aliphatic rings. The molecule has 0 aliphatic heterocycles. The molecule has 104 valence electrons. The van der Waals surface area contributed by atoms with Crippen LogP contribution in [0.3, 0.4) is 0 Å². The van der Waals surface area contributed by atoms with Gasteiger partial charge in [0.05, 0.1) is 17.1 Å². The number of aromatic nitrogens is 1. The monoisotopic (exact) mass is 281 g/mol. The molecular formula is C16H12FN3O. The van der Waals surface area contributed by atoms with Gasteiger partial charge in [-0.05, 0) is 29.8 Å². The Kier molecular flexibility index (Phi) is 3.47. The van der Waals surface area contributed by atoms with Crippen LogP contribution in [0, 0.1) is 5.82 Å². The van der Waals surface area contributed by atoms with Crippen molar-refractivity contribution in [1.29, 1.82) is 0 Å². The number of nitrogens with zero attached hydrogens (tertiary/aromatic N) is 3. The lowest BCUT2D eigenvalue weighted by Gasteiger charge is -2.02. The molecule has 1 N–H and O–H groups in total. The molecule has 0 saturated carbocycles. The maximum absolute atomic E-state index is 12.8. The molecule has 0 aliphatic carbocycles. The van der Waals surface area contributed by atoms with Crippen LogP contribution in [0.25, 0.3) is 10.9 Å². The number of pyridine rings is 1. The minimum absolute atomic E-state index is 0.286. The summed E-state index contributed by atoms with van der Waals surface area (Å²) in [4.78, 5) is 0. The van der Waals surface area contributed by atoms with E-state index in [4.69, 9.17) is 0 Å². The van der Waals surface area contributed by atoms with E-state index in [0.29, 0.717) is 10.9 Å². The fourth-order valence-electron chi connectivity index (χ4n) is 2.00. The summed E-state index contributed by atoms with van der Waals surface area (Å²) in [7, 11) is 0. The first-order valence-electron chi connectivity index (χ1n) is 6.36. The maximum atomic E-state index is 12.8. The maximum Gasteiger partial charge on any atom is 0.123 e. The lowest BCUT2D eigenvalue weighted by molar-refractivity contribution is 0.198. The molecule has 1 aromatic heterocycles. The Morgan fingerprint density at radius 3 is 2.57 bits per heavy atom. The van der Waals surface area contributed by atoms with Crippen molar-refractivity contribution in [2.45, 2.75) is 0 Å². The first-order chi connectivity index (χ1) is 10.2. The van der Waals surface area contributed by atoms with Gasteiger partial charge in [-0.2, -0.15) is 14.9 Å². The summed E-state index contributed by atoms with van der Waals surface area (Å²) < 4.78 is 13.8. The normalized spacial score (nSPS) is 12.3. The minimum atomic E-state index is -0.286. The number of para-hydroxylation sites is 1. The quantitative estimate of drug-likeness (QED) is 0.438. The third kappa shape index (κ3) is 2.81. The number of hydrogen-bond donors (Lipinski definition) is 1. The first-order valence-corrected chi connectivity index (χ1v) is 6.36. The molecule has 4 nitrogen and oxygen atoms in total. The Labute approximate surface area is 120 Å². The van der Waals surface area contributed by atoms with Gasteiger partial charge in [-0.3, -0.25) is 0 Å². The van der Waals surface area contributed by atoms with Crippen LogP contribution >= 0.6 is 0 Å². The lowest BCUT2D eigenvalue weighted by Crippen LogP contribution is -2.07. The second-order valence-corrected chi connectivity index (χ2v) is 4.46. The van der Waals surface area contributed by atoms with Crippen molar-refractivity contribution in [3.8, 4) is 0 Å². The summed E-state index contributed by atoms with van der Waals surface area (Å²) in [5, 5.41) is 19.3. The average Bonchev–Trinajstić information content (AvgIpc) is 2.52. The van der Waals surface area contributed by atoms with Gasteiger partial charge in [-0.25, -0.2) is 4.39 Å². The van der Waals surface area contributed by atoms with Crippen molar-refractivity contribution in [2.24, 2.45) is 10.2 Å². The average molecular weight is 281 g/mol. The fraction of sp³-hybridized carbons (Fsp3) is 0. The number of fused-ring (bicyclic) bond motifs is 1. The van der Waals surface area contributed by atoms with Gasteiger partial charge in [0.2, 0.25) is 0 Å². The third-order valence-electron chi connectivity index (χ3n) is 3.04. The van der Waals surface area contributed by atoms with Crippen LogP contribution in [-0.4, -0.2) is 16.2 Å². The topological polar surface area (TPSA) is 49.9 Å². The van der Waals surface area contributed by atoms with Crippen molar-refractivity contribution >= 4 is 17.1 Å². The Morgan fingerprint density at radius 2 is 1.76 bits per heavy atom. The van der Waals surface area contributed by atoms with Crippen molar-refractivity contribution in [2.75, 3.05) is 0 Å². The van der Waals surface area contributed by atoms with E-state index in [1.807, 2.05) is 18.2 Å². The molecule has 0 amide bonds. The number of halogens is 1. The van der Waals surface area contributed by atoms with Crippen LogP contribution < -0.4 is 5.36 Å². The van der Waals surface area contributed by atoms with Gasteiger partial charge >= 0.3 is 0 Å². The summed E-state index contributed by atoms with van der Waals surface area (Å²) >= 11 is 0. The predicted octanol–water partition coefficient (Wildman–Crippen LogP) is 2.95. The van der Waals surface area contributed by atoms with Crippen LogP contribution in [-0.2, 0) is 0 Å². The molecular weight excluding hydrogens is 269 g/mol. The van der Waals surface area contributed by atoms with E-state index in [0.717, 1.165) is 15.7 Å². The Balaban J connectivity index is 2.00. The second kappa shape index (κ2) is 5.58. The van der Waals surface area contributed by atoms with E-state index in [-0.39, 0.29) is 5.82 Å². The highest BCUT2D eigenvalue weighted by Crippen LogP contribution is 2.07. The Bertz CT molecular complexity index is 867. The lowest BCUT2D eigenvalue weighted by atomic mass is 10.2. The van der Waals surface area contributed by atoms with Crippen LogP contribution in [0.1, 0.15) is 5.56 Å². The van der Waals surface area contributed by atoms with Gasteiger partial charge in [-0.1, -0.05) is 30.3 Å². The number of rotatable bonds is 2. The molecule has 0 saturated heterocycles. The third-order valence-corrected chi connectivity index (χ3v) is 3.04. The smallest absolute Gasteiger partial charge is 0.123 e. The van der Waals surface area contributed by atoms with Crippen molar-refractivity contribution < 1.29 is 9.60 Å². The van der Waals surface area contributed by atoms with E-state index in [1.54, 1.807) is 30.5 Å². The zero-order valence-electron chi connectivity index (χ0n) is 11.0. The van der Waals surface area contributed by atoms with E-state index in [1.165, 1.54) is 18.3 Å². The first kappa shape index (κ1) is 13.1. The molecule has 0 unspecified atom stereocenters. The summed E-state index contributed by atoms with van der Waals surface area (Å²) in [6, 6.07) is 15.0. The van der Waals surface area contributed by atoms with Crippen molar-refractivity contribution in [3.05, 3.63) is 77.5 Å². The molecule has 3 aromatic rings. The van der Waals surface area contributed by atoms with E-state index in [2.05, 4.69) is 10.2 Å². The zero-order valence-corrected chi connectivity index (χ0v) is 11.0. The molecule has 0 atom stereocenters. The summed E-state index contributed by atoms with van der Waals surface area (Å²) in [6.45, 7) is 0. The molecule has 0 spiro atoms. The number of hydrogen-bond acceptors (Lipinski definition) is 3. The van der Waals surface area contributed by atoms with Crippen molar-refractivity contribution in [1.82, 2.24) is 4.73 Å². The molecule has 3 rings (SSSR count). The van der Waals surface area contributed by atoms with Gasteiger partial charge in [0.25, 0.3) is 0 Å². The van der Waals surface area contributed by atoms with Gasteiger partial charge in [0.1, 0.15) is 5.82 Å². The summed E-state index contributed by atoms with van der Waals surface area (Å²) in [5.41, 5.74) is 1.41. The molecule has 2 aromatic carbocycles. The predicted molar refractivity (Wildman–Crippen MR) is 78.7 cm³/mol. The second-order valence-electron chi connectivity index (χ2n) is 4.46. The van der Waals surface area contributed by atoms with Crippen LogP contribution in [0.4, 0.5) is 4.39 Å². The highest BCUT2D eigenvalue weighted by atomic mass is 19.1. The molecule has 0 fully saturated rings. The minimum Gasteiger partial charge on any atom is -0.428 e. The van der Waals surface area contributed by atoms with E-state index in [9.17, 15) is 9.60 Å².